The number of hydrogen-bond donors (Lipinski definition) is 1. The molecular formula is C31H41NO6. The maximum Gasteiger partial charge on any atom is 0.412 e. The first-order valence-corrected chi connectivity index (χ1v) is 14.4. The molecule has 1 spiro atoms. The van der Waals surface area contributed by atoms with Crippen molar-refractivity contribution >= 4 is 11.8 Å². The number of hydrogen-bond acceptors (Lipinski definition) is 6. The zero-order chi connectivity index (χ0) is 26.4. The summed E-state index contributed by atoms with van der Waals surface area (Å²) in [5.41, 5.74) is 0.476. The number of para-hydroxylation sites is 1. The number of ether oxygens (including phenoxy) is 5. The average Bonchev–Trinajstić information content (AvgIpc) is 3.82. The number of benzene rings is 1. The summed E-state index contributed by atoms with van der Waals surface area (Å²) in [5.74, 6) is 2.58. The van der Waals surface area contributed by atoms with Crippen molar-refractivity contribution in [1.82, 2.24) is 0 Å². The molecule has 1 aromatic rings. The molecule has 4 aliphatic carbocycles. The molecule has 1 amide bonds. The zero-order valence-electron chi connectivity index (χ0n) is 23.1. The number of carbonyl (C=O) groups is 1. The minimum atomic E-state index is -0.452. The van der Waals surface area contributed by atoms with Gasteiger partial charge in [-0.05, 0) is 66.9 Å². The number of carbonyl (C=O) groups excluding carboxylic acids is 1. The fourth-order valence-corrected chi connectivity index (χ4v) is 9.94. The minimum Gasteiger partial charge on any atom is -0.440 e. The topological polar surface area (TPSA) is 81.8 Å². The molecule has 1 N–H and O–H groups in total. The molecule has 1 unspecified atom stereocenters. The second-order valence-corrected chi connectivity index (χ2v) is 13.1. The lowest BCUT2D eigenvalue weighted by molar-refractivity contribution is -0.161. The first-order valence-electron chi connectivity index (χ1n) is 14.4. The van der Waals surface area contributed by atoms with Gasteiger partial charge in [-0.3, -0.25) is 5.32 Å². The van der Waals surface area contributed by atoms with Gasteiger partial charge in [-0.2, -0.15) is 0 Å². The van der Waals surface area contributed by atoms with Gasteiger partial charge in [0.15, 0.2) is 12.4 Å². The van der Waals surface area contributed by atoms with E-state index in [4.69, 9.17) is 23.7 Å². The van der Waals surface area contributed by atoms with Crippen LogP contribution in [0.4, 0.5) is 10.5 Å². The van der Waals surface area contributed by atoms with Crippen LogP contribution in [0.3, 0.4) is 0 Å². The fourth-order valence-electron chi connectivity index (χ4n) is 9.94. The highest BCUT2D eigenvalue weighted by Crippen LogP contribution is 2.75. The molecule has 3 saturated carbocycles. The number of amides is 1. The van der Waals surface area contributed by atoms with Crippen molar-refractivity contribution in [3.05, 3.63) is 42.5 Å². The maximum absolute atomic E-state index is 12.7. The Labute approximate surface area is 225 Å². The van der Waals surface area contributed by atoms with Gasteiger partial charge in [0.1, 0.15) is 17.8 Å². The van der Waals surface area contributed by atoms with Crippen molar-refractivity contribution in [3.63, 3.8) is 0 Å². The van der Waals surface area contributed by atoms with E-state index in [1.165, 1.54) is 19.3 Å². The van der Waals surface area contributed by atoms with E-state index in [9.17, 15) is 4.79 Å². The average molecular weight is 524 g/mol. The van der Waals surface area contributed by atoms with Gasteiger partial charge in [-0.1, -0.05) is 51.1 Å². The standard InChI is InChI=1S/C31H41NO6/c1-17(27(34-4)35-5)20-11-12-21-19-13-16-31-26(38-31)24(37-28(33)32-18-9-7-6-8-10-18)23-25(36-23)30(31,3)22(19)14-15-29(20,21)2/h6-10,13,16-17,19-27H,11-12,14-15H2,1-5H3,(H,32,33)/t17?,19-,20+,21-,22-,23-,24-,25-,26+,29+,30-,31+/m0/s1. The summed E-state index contributed by atoms with van der Waals surface area (Å²) in [6, 6.07) is 9.40. The van der Waals surface area contributed by atoms with Gasteiger partial charge in [-0.25, -0.2) is 4.79 Å². The SMILES string of the molecule is COC(OC)C(C)[C@H]1CC[C@H]2[C@@H]3C=C[C@@]45O[C@@H]4[C@@H](OC(=O)Nc4ccccc4)[C@@H]4O[C@@H]4[C@]5(C)[C@H]3CC[C@]12C. The lowest BCUT2D eigenvalue weighted by atomic mass is 9.46. The van der Waals surface area contributed by atoms with Gasteiger partial charge in [0.2, 0.25) is 0 Å². The summed E-state index contributed by atoms with van der Waals surface area (Å²) in [4.78, 5) is 12.7. The summed E-state index contributed by atoms with van der Waals surface area (Å²) < 4.78 is 30.2. The molecule has 1 aromatic carbocycles. The number of nitrogens with one attached hydrogen (secondary N) is 1. The number of methoxy groups -OCH3 is 2. The minimum absolute atomic E-state index is 0.0556. The van der Waals surface area contributed by atoms with E-state index in [0.717, 1.165) is 12.1 Å². The molecule has 0 bridgehead atoms. The van der Waals surface area contributed by atoms with Gasteiger partial charge in [0, 0.05) is 31.2 Å². The molecule has 7 rings (SSSR count). The molecule has 7 nitrogen and oxygen atoms in total. The summed E-state index contributed by atoms with van der Waals surface area (Å²) in [5, 5.41) is 2.84. The highest BCUT2D eigenvalue weighted by atomic mass is 16.7. The Morgan fingerprint density at radius 1 is 1.05 bits per heavy atom. The fraction of sp³-hybridized carbons (Fsp3) is 0.710. The van der Waals surface area contributed by atoms with Gasteiger partial charge in [0.05, 0.1) is 6.10 Å². The van der Waals surface area contributed by atoms with E-state index in [2.05, 4.69) is 38.2 Å². The first kappa shape index (κ1) is 25.1. The van der Waals surface area contributed by atoms with Crippen molar-refractivity contribution < 1.29 is 28.5 Å². The number of epoxide rings is 2. The first-order chi connectivity index (χ1) is 18.3. The Kier molecular flexibility index (Phi) is 5.63. The van der Waals surface area contributed by atoms with E-state index >= 15 is 0 Å². The molecule has 0 radical (unpaired) electrons. The predicted octanol–water partition coefficient (Wildman–Crippen LogP) is 5.41. The van der Waals surface area contributed by atoms with Crippen LogP contribution in [0.1, 0.15) is 46.5 Å². The molecule has 2 saturated heterocycles. The Balaban J connectivity index is 1.11. The molecule has 5 fully saturated rings. The van der Waals surface area contributed by atoms with E-state index < -0.39 is 11.7 Å². The monoisotopic (exact) mass is 523 g/mol. The van der Waals surface area contributed by atoms with Gasteiger partial charge in [-0.15, -0.1) is 0 Å². The third-order valence-corrected chi connectivity index (χ3v) is 11.8. The molecule has 7 heteroatoms. The molecule has 2 heterocycles. The normalized spacial score (nSPS) is 48.2. The third kappa shape index (κ3) is 3.25. The Morgan fingerprint density at radius 2 is 1.82 bits per heavy atom. The van der Waals surface area contributed by atoms with Crippen LogP contribution in [0.15, 0.2) is 42.5 Å². The van der Waals surface area contributed by atoms with Crippen LogP contribution in [0.5, 0.6) is 0 Å². The quantitative estimate of drug-likeness (QED) is 0.305. The summed E-state index contributed by atoms with van der Waals surface area (Å²) >= 11 is 0. The van der Waals surface area contributed by atoms with Crippen molar-refractivity contribution in [2.24, 2.45) is 40.4 Å². The van der Waals surface area contributed by atoms with Crippen LogP contribution in [0.25, 0.3) is 0 Å². The van der Waals surface area contributed by atoms with Crippen LogP contribution in [0.2, 0.25) is 0 Å². The Morgan fingerprint density at radius 3 is 2.55 bits per heavy atom. The van der Waals surface area contributed by atoms with Gasteiger partial charge >= 0.3 is 6.09 Å². The lowest BCUT2D eigenvalue weighted by Gasteiger charge is -2.57. The molecule has 38 heavy (non-hydrogen) atoms. The highest BCUT2D eigenvalue weighted by Gasteiger charge is 2.85. The van der Waals surface area contributed by atoms with E-state index in [1.54, 1.807) is 14.2 Å². The second kappa shape index (κ2) is 8.53. The molecule has 0 aromatic heterocycles. The van der Waals surface area contributed by atoms with Crippen molar-refractivity contribution in [2.75, 3.05) is 19.5 Å². The largest absolute Gasteiger partial charge is 0.440 e. The second-order valence-electron chi connectivity index (χ2n) is 13.1. The highest BCUT2D eigenvalue weighted by molar-refractivity contribution is 5.84. The summed E-state index contributed by atoms with van der Waals surface area (Å²) in [6.07, 6.45) is 8.44. The van der Waals surface area contributed by atoms with E-state index in [0.29, 0.717) is 29.6 Å². The zero-order valence-corrected chi connectivity index (χ0v) is 23.1. The molecule has 12 atom stereocenters. The van der Waals surface area contributed by atoms with Crippen molar-refractivity contribution in [3.8, 4) is 0 Å². The Bertz CT molecular complexity index is 1120. The van der Waals surface area contributed by atoms with Crippen LogP contribution in [-0.4, -0.2) is 56.6 Å². The van der Waals surface area contributed by atoms with Crippen LogP contribution in [0, 0.1) is 40.4 Å². The number of allylic oxidation sites excluding steroid dienone is 1. The van der Waals surface area contributed by atoms with Crippen LogP contribution in [-0.2, 0) is 23.7 Å². The lowest BCUT2D eigenvalue weighted by Crippen LogP contribution is -2.60. The van der Waals surface area contributed by atoms with E-state index in [1.807, 2.05) is 30.3 Å². The van der Waals surface area contributed by atoms with Gasteiger partial charge < -0.3 is 23.7 Å². The van der Waals surface area contributed by atoms with Crippen LogP contribution < -0.4 is 5.32 Å². The number of anilines is 1. The smallest absolute Gasteiger partial charge is 0.412 e. The van der Waals surface area contributed by atoms with Crippen molar-refractivity contribution in [2.45, 2.75) is 82.8 Å². The Hall–Kier alpha value is -1.93. The molecule has 206 valence electrons. The van der Waals surface area contributed by atoms with E-state index in [-0.39, 0.29) is 41.5 Å². The molecule has 2 aliphatic heterocycles. The summed E-state index contributed by atoms with van der Waals surface area (Å²) in [7, 11) is 3.51. The maximum atomic E-state index is 12.7. The number of rotatable bonds is 6. The van der Waals surface area contributed by atoms with Gasteiger partial charge in [0.25, 0.3) is 0 Å². The van der Waals surface area contributed by atoms with Crippen LogP contribution >= 0.6 is 0 Å². The number of fused-ring (bicyclic) bond motifs is 6. The van der Waals surface area contributed by atoms with Crippen molar-refractivity contribution in [1.29, 1.82) is 0 Å². The third-order valence-electron chi connectivity index (χ3n) is 11.8. The molecular weight excluding hydrogens is 482 g/mol. The summed E-state index contributed by atoms with van der Waals surface area (Å²) in [6.45, 7) is 7.21. The predicted molar refractivity (Wildman–Crippen MR) is 141 cm³/mol. The molecule has 6 aliphatic rings.